The summed E-state index contributed by atoms with van der Waals surface area (Å²) in [6.45, 7) is 2.09. The van der Waals surface area contributed by atoms with Crippen molar-refractivity contribution in [3.63, 3.8) is 0 Å². The lowest BCUT2D eigenvalue weighted by Crippen LogP contribution is -2.32. The van der Waals surface area contributed by atoms with Crippen LogP contribution in [0.3, 0.4) is 0 Å². The number of carbonyl (C=O) groups excluding carboxylic acids is 2. The Morgan fingerprint density at radius 2 is 1.78 bits per heavy atom. The summed E-state index contributed by atoms with van der Waals surface area (Å²) in [7, 11) is -4.11. The second kappa shape index (κ2) is 10.2. The molecule has 2 amide bonds. The van der Waals surface area contributed by atoms with Gasteiger partial charge in [-0.3, -0.25) is 14.9 Å². The quantitative estimate of drug-likeness (QED) is 0.378. The molecular formula is C27H24N4O4S2. The van der Waals surface area contributed by atoms with E-state index in [1.807, 2.05) is 61.5 Å². The van der Waals surface area contributed by atoms with Gasteiger partial charge in [0.15, 0.2) is 0 Å². The van der Waals surface area contributed by atoms with Gasteiger partial charge in [-0.25, -0.2) is 12.7 Å². The Morgan fingerprint density at radius 3 is 2.54 bits per heavy atom. The molecular weight excluding hydrogens is 508 g/mol. The van der Waals surface area contributed by atoms with E-state index in [1.54, 1.807) is 0 Å². The highest BCUT2D eigenvalue weighted by Gasteiger charge is 2.39. The monoisotopic (exact) mass is 532 g/mol. The first-order chi connectivity index (χ1) is 17.8. The van der Waals surface area contributed by atoms with E-state index in [1.165, 1.54) is 41.2 Å². The first-order valence-corrected chi connectivity index (χ1v) is 13.9. The van der Waals surface area contributed by atoms with Crippen LogP contribution in [0.1, 0.15) is 44.4 Å². The molecule has 0 bridgehead atoms. The Balaban J connectivity index is 1.29. The average Bonchev–Trinajstić information content (AvgIpc) is 3.52. The largest absolute Gasteiger partial charge is 0.296 e. The van der Waals surface area contributed by atoms with Crippen molar-refractivity contribution in [1.82, 2.24) is 14.5 Å². The summed E-state index contributed by atoms with van der Waals surface area (Å²) in [5.41, 5.74) is 3.31. The number of aromatic nitrogens is 2. The predicted molar refractivity (Wildman–Crippen MR) is 141 cm³/mol. The lowest BCUT2D eigenvalue weighted by Gasteiger charge is -2.17. The maximum absolute atomic E-state index is 13.3. The summed E-state index contributed by atoms with van der Waals surface area (Å²) in [6.07, 6.45) is 0.709. The number of amides is 2. The van der Waals surface area contributed by atoms with Gasteiger partial charge < -0.3 is 0 Å². The molecule has 1 aromatic heterocycles. The van der Waals surface area contributed by atoms with E-state index in [2.05, 4.69) is 15.5 Å². The van der Waals surface area contributed by atoms with Gasteiger partial charge >= 0.3 is 0 Å². The van der Waals surface area contributed by atoms with Crippen LogP contribution in [0.25, 0.3) is 0 Å². The Morgan fingerprint density at radius 1 is 1.03 bits per heavy atom. The van der Waals surface area contributed by atoms with E-state index in [0.717, 1.165) is 20.4 Å². The number of nitrogens with zero attached hydrogens (tertiary/aromatic N) is 3. The van der Waals surface area contributed by atoms with Crippen molar-refractivity contribution in [2.24, 2.45) is 0 Å². The van der Waals surface area contributed by atoms with Crippen LogP contribution >= 0.6 is 11.3 Å². The average molecular weight is 533 g/mol. The summed E-state index contributed by atoms with van der Waals surface area (Å²) < 4.78 is 27.5. The normalized spacial score (nSPS) is 15.6. The van der Waals surface area contributed by atoms with Crippen molar-refractivity contribution < 1.29 is 18.0 Å². The highest BCUT2D eigenvalue weighted by atomic mass is 32.2. The molecule has 1 aliphatic heterocycles. The van der Waals surface area contributed by atoms with Gasteiger partial charge in [0, 0.05) is 30.9 Å². The first-order valence-electron chi connectivity index (χ1n) is 11.7. The van der Waals surface area contributed by atoms with E-state index < -0.39 is 21.8 Å². The van der Waals surface area contributed by atoms with Crippen molar-refractivity contribution >= 4 is 38.3 Å². The first kappa shape index (κ1) is 24.8. The molecule has 1 saturated heterocycles. The molecule has 5 rings (SSSR count). The van der Waals surface area contributed by atoms with Crippen molar-refractivity contribution in [3.05, 3.63) is 106 Å². The number of hydrogen-bond acceptors (Lipinski definition) is 7. The molecule has 0 aliphatic carbocycles. The molecule has 3 aromatic carbocycles. The number of nitrogens with one attached hydrogen (secondary N) is 1. The molecule has 1 aliphatic rings. The van der Waals surface area contributed by atoms with Crippen molar-refractivity contribution in [2.75, 3.05) is 11.9 Å². The minimum atomic E-state index is -4.11. The predicted octanol–water partition coefficient (Wildman–Crippen LogP) is 4.39. The SMILES string of the molecule is Cc1ccc(Cc2nnc(NC(=O)c3cccc(S(=O)(=O)N4C[C@@H](c5ccccc5)CC4=O)c3)s2)cc1. The van der Waals surface area contributed by atoms with Crippen LogP contribution in [0, 0.1) is 6.92 Å². The van der Waals surface area contributed by atoms with Crippen LogP contribution in [0.15, 0.2) is 83.8 Å². The number of hydrogen-bond donors (Lipinski definition) is 1. The van der Waals surface area contributed by atoms with Gasteiger partial charge in [-0.05, 0) is 36.2 Å². The van der Waals surface area contributed by atoms with Gasteiger partial charge in [0.2, 0.25) is 11.0 Å². The molecule has 10 heteroatoms. The summed E-state index contributed by atoms with van der Waals surface area (Å²) in [4.78, 5) is 25.4. The highest BCUT2D eigenvalue weighted by molar-refractivity contribution is 7.89. The molecule has 4 aromatic rings. The number of anilines is 1. The molecule has 0 unspecified atom stereocenters. The summed E-state index contributed by atoms with van der Waals surface area (Å²) in [5.74, 6) is -1.18. The lowest BCUT2D eigenvalue weighted by molar-refractivity contribution is -0.123. The van der Waals surface area contributed by atoms with E-state index in [0.29, 0.717) is 11.6 Å². The van der Waals surface area contributed by atoms with E-state index in [9.17, 15) is 18.0 Å². The molecule has 0 saturated carbocycles. The lowest BCUT2D eigenvalue weighted by atomic mass is 9.99. The molecule has 1 N–H and O–H groups in total. The van der Waals surface area contributed by atoms with Gasteiger partial charge in [0.1, 0.15) is 5.01 Å². The van der Waals surface area contributed by atoms with Crippen LogP contribution in [-0.4, -0.2) is 41.3 Å². The number of sulfonamides is 1. The Hall–Kier alpha value is -3.89. The summed E-state index contributed by atoms with van der Waals surface area (Å²) in [5, 5.41) is 11.9. The fourth-order valence-corrected chi connectivity index (χ4v) is 6.48. The smallest absolute Gasteiger partial charge is 0.266 e. The highest BCUT2D eigenvalue weighted by Crippen LogP contribution is 2.32. The molecule has 1 atom stereocenters. The van der Waals surface area contributed by atoms with Crippen LogP contribution < -0.4 is 5.32 Å². The fourth-order valence-electron chi connectivity index (χ4n) is 4.21. The summed E-state index contributed by atoms with van der Waals surface area (Å²) in [6, 6.07) is 23.1. The van der Waals surface area contributed by atoms with Crippen LogP contribution in [0.5, 0.6) is 0 Å². The number of aryl methyl sites for hydroxylation is 1. The Labute approximate surface area is 219 Å². The van der Waals surface area contributed by atoms with E-state index in [4.69, 9.17) is 0 Å². The number of carbonyl (C=O) groups is 2. The third-order valence-electron chi connectivity index (χ3n) is 6.20. The van der Waals surface area contributed by atoms with Gasteiger partial charge in [0.05, 0.1) is 4.90 Å². The molecule has 8 nitrogen and oxygen atoms in total. The van der Waals surface area contributed by atoms with Crippen LogP contribution in [0.4, 0.5) is 5.13 Å². The van der Waals surface area contributed by atoms with Gasteiger partial charge in [-0.1, -0.05) is 77.6 Å². The zero-order valence-electron chi connectivity index (χ0n) is 20.0. The maximum atomic E-state index is 13.3. The maximum Gasteiger partial charge on any atom is 0.266 e. The van der Waals surface area contributed by atoms with E-state index in [-0.39, 0.29) is 29.3 Å². The minimum Gasteiger partial charge on any atom is -0.296 e. The molecule has 0 radical (unpaired) electrons. The van der Waals surface area contributed by atoms with Crippen LogP contribution in [0.2, 0.25) is 0 Å². The third-order valence-corrected chi connectivity index (χ3v) is 8.83. The topological polar surface area (TPSA) is 109 Å². The zero-order valence-corrected chi connectivity index (χ0v) is 21.6. The van der Waals surface area contributed by atoms with Gasteiger partial charge in [-0.15, -0.1) is 10.2 Å². The summed E-state index contributed by atoms with van der Waals surface area (Å²) >= 11 is 1.26. The van der Waals surface area contributed by atoms with Crippen molar-refractivity contribution in [1.29, 1.82) is 0 Å². The molecule has 188 valence electrons. The molecule has 1 fully saturated rings. The van der Waals surface area contributed by atoms with E-state index >= 15 is 0 Å². The third kappa shape index (κ3) is 5.45. The Kier molecular flexibility index (Phi) is 6.86. The van der Waals surface area contributed by atoms with Crippen molar-refractivity contribution in [3.8, 4) is 0 Å². The van der Waals surface area contributed by atoms with Crippen molar-refractivity contribution in [2.45, 2.75) is 30.6 Å². The molecule has 0 spiro atoms. The number of rotatable bonds is 7. The molecule has 37 heavy (non-hydrogen) atoms. The number of benzene rings is 3. The van der Waals surface area contributed by atoms with Gasteiger partial charge in [0.25, 0.3) is 15.9 Å². The standard InChI is InChI=1S/C27H24N4O4S2/c1-18-10-12-19(13-11-18)14-24-29-30-27(36-24)28-26(33)21-8-5-9-23(15-21)37(34,35)31-17-22(16-25(31)32)20-6-3-2-4-7-20/h2-13,15,22H,14,16-17H2,1H3,(H,28,30,33)/t22-/m0/s1. The molecule has 2 heterocycles. The minimum absolute atomic E-state index is 0.0656. The zero-order chi connectivity index (χ0) is 26.0. The van der Waals surface area contributed by atoms with Crippen LogP contribution in [-0.2, 0) is 21.2 Å². The second-order valence-electron chi connectivity index (χ2n) is 8.89. The Bertz CT molecular complexity index is 1550. The second-order valence-corrected chi connectivity index (χ2v) is 11.8. The fraction of sp³-hybridized carbons (Fsp3) is 0.185. The van der Waals surface area contributed by atoms with Gasteiger partial charge in [-0.2, -0.15) is 0 Å².